The van der Waals surface area contributed by atoms with Gasteiger partial charge in [0.2, 0.25) is 0 Å². The van der Waals surface area contributed by atoms with E-state index in [1.807, 2.05) is 0 Å². The van der Waals surface area contributed by atoms with Gasteiger partial charge >= 0.3 is 0 Å². The second-order valence-corrected chi connectivity index (χ2v) is 18.3. The van der Waals surface area contributed by atoms with Crippen molar-refractivity contribution in [3.05, 3.63) is 283 Å². The molecule has 322 valence electrons. The normalized spacial score (nSPS) is 14.1. The second kappa shape index (κ2) is 15.6. The molecule has 0 amide bonds. The Balaban J connectivity index is 1.13. The quantitative estimate of drug-likeness (QED) is 0.159. The van der Waals surface area contributed by atoms with Crippen LogP contribution in [0.2, 0.25) is 0 Å². The van der Waals surface area contributed by atoms with Crippen LogP contribution in [0.5, 0.6) is 0 Å². The fourth-order valence-corrected chi connectivity index (χ4v) is 11.7. The highest BCUT2D eigenvalue weighted by Gasteiger charge is 2.54. The molecule has 0 saturated carbocycles. The molecule has 0 saturated heterocycles. The molecule has 2 aliphatic rings. The van der Waals surface area contributed by atoms with Crippen molar-refractivity contribution in [1.82, 2.24) is 0 Å². The first-order valence-electron chi connectivity index (χ1n) is 23.8. The van der Waals surface area contributed by atoms with Crippen LogP contribution in [0.1, 0.15) is 22.3 Å². The summed E-state index contributed by atoms with van der Waals surface area (Å²) in [6.07, 6.45) is 0. The topological polar surface area (TPSA) is 16.4 Å². The summed E-state index contributed by atoms with van der Waals surface area (Å²) >= 11 is 0. The summed E-state index contributed by atoms with van der Waals surface area (Å²) < 4.78 is 6.96. The Labute approximate surface area is 401 Å². The Hall–Kier alpha value is -8.98. The van der Waals surface area contributed by atoms with Crippen molar-refractivity contribution >= 4 is 39.0 Å². The fourth-order valence-electron chi connectivity index (χ4n) is 11.7. The Morgan fingerprint density at radius 1 is 0.304 bits per heavy atom. The van der Waals surface area contributed by atoms with Gasteiger partial charge in [-0.3, -0.25) is 0 Å². The Kier molecular flexibility index (Phi) is 8.84. The Bertz CT molecular complexity index is 3710. The zero-order valence-corrected chi connectivity index (χ0v) is 37.7. The minimum absolute atomic E-state index is 0.682. The van der Waals surface area contributed by atoms with Crippen molar-refractivity contribution in [3.63, 3.8) is 0 Å². The zero-order valence-electron chi connectivity index (χ0n) is 37.7. The van der Waals surface area contributed by atoms with E-state index in [2.05, 4.69) is 266 Å². The van der Waals surface area contributed by atoms with E-state index in [1.165, 1.54) is 38.9 Å². The van der Waals surface area contributed by atoms with Crippen molar-refractivity contribution in [3.8, 4) is 66.8 Å². The number of para-hydroxylation sites is 1. The molecule has 1 heterocycles. The van der Waals surface area contributed by atoms with E-state index in [0.717, 1.165) is 89.1 Å². The van der Waals surface area contributed by atoms with E-state index >= 15 is 0 Å². The molecule has 1 unspecified atom stereocenters. The summed E-state index contributed by atoms with van der Waals surface area (Å²) in [6, 6.07) is 95.8. The molecule has 14 rings (SSSR count). The van der Waals surface area contributed by atoms with Crippen LogP contribution in [0.15, 0.2) is 265 Å². The molecule has 0 fully saturated rings. The van der Waals surface area contributed by atoms with Crippen molar-refractivity contribution in [2.24, 2.45) is 0 Å². The molecule has 12 aromatic rings. The van der Waals surface area contributed by atoms with E-state index in [9.17, 15) is 0 Å². The highest BCUT2D eigenvalue weighted by atomic mass is 16.3. The molecule has 1 atom stereocenters. The molecule has 0 radical (unpaired) electrons. The summed E-state index contributed by atoms with van der Waals surface area (Å²) in [6.45, 7) is 0. The predicted octanol–water partition coefficient (Wildman–Crippen LogP) is 18.1. The number of anilines is 3. The molecule has 0 N–H and O–H groups in total. The third-order valence-corrected chi connectivity index (χ3v) is 14.6. The largest absolute Gasteiger partial charge is 0.455 e. The Morgan fingerprint density at radius 3 is 1.30 bits per heavy atom. The van der Waals surface area contributed by atoms with E-state index in [0.29, 0.717) is 0 Å². The van der Waals surface area contributed by atoms with Crippen LogP contribution in [0, 0.1) is 0 Å². The first-order valence-corrected chi connectivity index (χ1v) is 23.8. The van der Waals surface area contributed by atoms with Crippen LogP contribution < -0.4 is 4.90 Å². The molecular formula is C67H43NO. The van der Waals surface area contributed by atoms with E-state index < -0.39 is 5.41 Å². The average Bonchev–Trinajstić information content (AvgIpc) is 4.06. The van der Waals surface area contributed by atoms with E-state index in [-0.39, 0.29) is 0 Å². The maximum absolute atomic E-state index is 6.96. The fraction of sp³-hybridized carbons (Fsp3) is 0.0149. The lowest BCUT2D eigenvalue weighted by Gasteiger charge is -2.36. The average molecular weight is 878 g/mol. The lowest BCUT2D eigenvalue weighted by Crippen LogP contribution is -2.28. The van der Waals surface area contributed by atoms with Crippen LogP contribution in [-0.4, -0.2) is 0 Å². The smallest absolute Gasteiger partial charge is 0.143 e. The third-order valence-electron chi connectivity index (χ3n) is 14.6. The van der Waals surface area contributed by atoms with Gasteiger partial charge in [-0.15, -0.1) is 0 Å². The van der Waals surface area contributed by atoms with Crippen LogP contribution in [0.25, 0.3) is 88.7 Å². The predicted molar refractivity (Wildman–Crippen MR) is 286 cm³/mol. The van der Waals surface area contributed by atoms with Gasteiger partial charge in [0.1, 0.15) is 11.2 Å². The highest BCUT2D eigenvalue weighted by Crippen LogP contribution is 2.66. The van der Waals surface area contributed by atoms with Crippen LogP contribution in [-0.2, 0) is 5.41 Å². The van der Waals surface area contributed by atoms with Gasteiger partial charge in [0.25, 0.3) is 0 Å². The summed E-state index contributed by atoms with van der Waals surface area (Å²) in [4.78, 5) is 2.56. The maximum atomic E-state index is 6.96. The van der Waals surface area contributed by atoms with Gasteiger partial charge in [0.05, 0.1) is 11.1 Å². The standard InChI is InChI=1S/C67H43NO/c1-5-20-44(21-6-1)48-38-49(45-22-7-2-8-23-45)41-52(40-48)68(53-42-50(46-24-9-3-10-25-46)39-51(43-53)47-26-11-4-12-27-47)62-34-19-31-56-54-28-13-16-32-59(54)67(65(56)62)60-33-17-14-30-58(60)64-61(67)37-36-57-55-29-15-18-35-63(55)69-66(57)64/h1-43H. The zero-order chi connectivity index (χ0) is 45.5. The van der Waals surface area contributed by atoms with Gasteiger partial charge in [0.15, 0.2) is 0 Å². The van der Waals surface area contributed by atoms with Gasteiger partial charge in [-0.25, -0.2) is 0 Å². The lowest BCUT2D eigenvalue weighted by molar-refractivity contribution is 0.669. The number of fused-ring (bicyclic) bond motifs is 14. The van der Waals surface area contributed by atoms with E-state index in [1.54, 1.807) is 0 Å². The van der Waals surface area contributed by atoms with Gasteiger partial charge in [-0.2, -0.15) is 0 Å². The molecule has 2 aliphatic carbocycles. The summed E-state index contributed by atoms with van der Waals surface area (Å²) in [7, 11) is 0. The van der Waals surface area contributed by atoms with Crippen LogP contribution in [0.3, 0.4) is 0 Å². The number of rotatable bonds is 7. The van der Waals surface area contributed by atoms with Crippen molar-refractivity contribution in [1.29, 1.82) is 0 Å². The minimum Gasteiger partial charge on any atom is -0.455 e. The number of hydrogen-bond acceptors (Lipinski definition) is 2. The molecule has 69 heavy (non-hydrogen) atoms. The van der Waals surface area contributed by atoms with Crippen molar-refractivity contribution in [2.75, 3.05) is 4.90 Å². The molecule has 11 aromatic carbocycles. The first kappa shape index (κ1) is 39.2. The van der Waals surface area contributed by atoms with Crippen LogP contribution >= 0.6 is 0 Å². The van der Waals surface area contributed by atoms with Gasteiger partial charge in [-0.1, -0.05) is 212 Å². The Morgan fingerprint density at radius 2 is 0.754 bits per heavy atom. The number of hydrogen-bond donors (Lipinski definition) is 0. The molecule has 1 spiro atoms. The SMILES string of the molecule is c1ccc(-c2cc(-c3ccccc3)cc(N(c3cc(-c4ccccc4)cc(-c4ccccc4)c3)c3cccc4c3C3(c5ccccc5-4)c4ccccc4-c4c3ccc3c4oc4ccccc43)c2)cc1. The van der Waals surface area contributed by atoms with Gasteiger partial charge < -0.3 is 9.32 Å². The molecule has 1 aromatic heterocycles. The van der Waals surface area contributed by atoms with Crippen LogP contribution in [0.4, 0.5) is 17.1 Å². The van der Waals surface area contributed by atoms with E-state index in [4.69, 9.17) is 4.42 Å². The molecule has 0 aliphatic heterocycles. The number of furan rings is 1. The summed E-state index contributed by atoms with van der Waals surface area (Å²) in [5.74, 6) is 0. The second-order valence-electron chi connectivity index (χ2n) is 18.3. The number of benzene rings is 11. The highest BCUT2D eigenvalue weighted by molar-refractivity contribution is 6.13. The number of nitrogens with zero attached hydrogens (tertiary/aromatic N) is 1. The lowest BCUT2D eigenvalue weighted by atomic mass is 9.70. The molecule has 2 heteroatoms. The van der Waals surface area contributed by atoms with Crippen molar-refractivity contribution in [2.45, 2.75) is 5.41 Å². The third kappa shape index (κ3) is 5.99. The molecular weight excluding hydrogens is 835 g/mol. The monoisotopic (exact) mass is 877 g/mol. The first-order chi connectivity index (χ1) is 34.2. The van der Waals surface area contributed by atoms with Crippen molar-refractivity contribution < 1.29 is 4.42 Å². The minimum atomic E-state index is -0.682. The molecule has 2 nitrogen and oxygen atoms in total. The summed E-state index contributed by atoms with van der Waals surface area (Å²) in [5, 5.41) is 2.27. The van der Waals surface area contributed by atoms with Gasteiger partial charge in [-0.05, 0) is 126 Å². The molecule has 0 bridgehead atoms. The maximum Gasteiger partial charge on any atom is 0.143 e. The van der Waals surface area contributed by atoms with Gasteiger partial charge in [0, 0.05) is 33.3 Å². The summed E-state index contributed by atoms with van der Waals surface area (Å²) in [5.41, 5.74) is 23.5.